The van der Waals surface area contributed by atoms with Crippen molar-refractivity contribution >= 4 is 17.9 Å². The quantitative estimate of drug-likeness (QED) is 0.359. The minimum atomic E-state index is 0.544. The van der Waals surface area contributed by atoms with Crippen molar-refractivity contribution in [1.82, 2.24) is 0 Å². The predicted molar refractivity (Wildman–Crippen MR) is 142 cm³/mol. The van der Waals surface area contributed by atoms with Gasteiger partial charge in [0.05, 0.1) is 5.71 Å². The highest BCUT2D eigenvalue weighted by atomic mass is 14.7. The van der Waals surface area contributed by atoms with Crippen LogP contribution in [0.4, 0.5) is 0 Å². The molecule has 1 atom stereocenters. The van der Waals surface area contributed by atoms with E-state index in [0.29, 0.717) is 5.92 Å². The monoisotopic (exact) mass is 423 g/mol. The summed E-state index contributed by atoms with van der Waals surface area (Å²) in [5.41, 5.74) is 10.4. The first kappa shape index (κ1) is 23.7. The number of aliphatic imine (C=N–C) groups is 1. The second kappa shape index (κ2) is 11.6. The highest BCUT2D eigenvalue weighted by Crippen LogP contribution is 2.29. The molecule has 0 N–H and O–H groups in total. The second-order valence-corrected chi connectivity index (χ2v) is 8.93. The number of allylic oxidation sites excluding steroid dienone is 5. The Kier molecular flexibility index (Phi) is 8.62. The van der Waals surface area contributed by atoms with Crippen molar-refractivity contribution in [1.29, 1.82) is 0 Å². The lowest BCUT2D eigenvalue weighted by atomic mass is 9.85. The van der Waals surface area contributed by atoms with Crippen LogP contribution in [0.5, 0.6) is 0 Å². The van der Waals surface area contributed by atoms with Gasteiger partial charge in [0.2, 0.25) is 0 Å². The molecule has 0 aromatic heterocycles. The molecule has 2 aromatic rings. The van der Waals surface area contributed by atoms with E-state index in [1.54, 1.807) is 0 Å². The van der Waals surface area contributed by atoms with Crippen LogP contribution in [0.3, 0.4) is 0 Å². The maximum Gasteiger partial charge on any atom is 0.0609 e. The van der Waals surface area contributed by atoms with Crippen molar-refractivity contribution in [2.24, 2.45) is 10.9 Å². The molecule has 0 amide bonds. The fraction of sp³-hybridized carbons (Fsp3) is 0.323. The topological polar surface area (TPSA) is 12.4 Å². The summed E-state index contributed by atoms with van der Waals surface area (Å²) in [6, 6.07) is 15.4. The van der Waals surface area contributed by atoms with Gasteiger partial charge in [0.15, 0.2) is 0 Å². The van der Waals surface area contributed by atoms with Gasteiger partial charge in [-0.2, -0.15) is 0 Å². The lowest BCUT2D eigenvalue weighted by molar-refractivity contribution is 0.708. The van der Waals surface area contributed by atoms with Crippen LogP contribution in [-0.2, 0) is 6.42 Å². The molecule has 1 aliphatic rings. The van der Waals surface area contributed by atoms with Gasteiger partial charge in [-0.15, -0.1) is 0 Å². The largest absolute Gasteiger partial charge is 0.285 e. The molecule has 0 saturated heterocycles. The first-order chi connectivity index (χ1) is 15.5. The number of nitrogens with zero attached hydrogens (tertiary/aromatic N) is 1. The molecule has 32 heavy (non-hydrogen) atoms. The Morgan fingerprint density at radius 3 is 2.47 bits per heavy atom. The van der Waals surface area contributed by atoms with Crippen LogP contribution in [-0.4, -0.2) is 12.3 Å². The van der Waals surface area contributed by atoms with Crippen molar-refractivity contribution in [3.05, 3.63) is 106 Å². The van der Waals surface area contributed by atoms with E-state index in [4.69, 9.17) is 4.99 Å². The lowest BCUT2D eigenvalue weighted by Crippen LogP contribution is -2.11. The van der Waals surface area contributed by atoms with Crippen molar-refractivity contribution in [3.63, 3.8) is 0 Å². The summed E-state index contributed by atoms with van der Waals surface area (Å²) in [7, 11) is 0. The fourth-order valence-corrected chi connectivity index (χ4v) is 4.03. The molecule has 0 saturated carbocycles. The Bertz CT molecular complexity index is 1040. The summed E-state index contributed by atoms with van der Waals surface area (Å²) in [6.07, 6.45) is 15.2. The Balaban J connectivity index is 1.87. The molecule has 1 nitrogen and oxygen atoms in total. The molecule has 0 radical (unpaired) electrons. The second-order valence-electron chi connectivity index (χ2n) is 8.93. The minimum Gasteiger partial charge on any atom is -0.285 e. The Labute approximate surface area is 195 Å². The summed E-state index contributed by atoms with van der Waals surface area (Å²) < 4.78 is 0. The Hall–Kier alpha value is -2.93. The molecule has 0 fully saturated rings. The van der Waals surface area contributed by atoms with Gasteiger partial charge in [0.1, 0.15) is 0 Å². The first-order valence-corrected chi connectivity index (χ1v) is 11.9. The number of rotatable bonds is 9. The normalized spacial score (nSPS) is 16.8. The molecule has 0 heterocycles. The zero-order valence-corrected chi connectivity index (χ0v) is 20.2. The van der Waals surface area contributed by atoms with Gasteiger partial charge in [-0.05, 0) is 90.5 Å². The van der Waals surface area contributed by atoms with Crippen LogP contribution in [0.1, 0.15) is 60.9 Å². The van der Waals surface area contributed by atoms with E-state index in [1.807, 2.05) is 6.08 Å². The molecule has 0 spiro atoms. The third kappa shape index (κ3) is 6.53. The van der Waals surface area contributed by atoms with E-state index >= 15 is 0 Å². The van der Waals surface area contributed by atoms with E-state index < -0.39 is 0 Å². The summed E-state index contributed by atoms with van der Waals surface area (Å²) in [6.45, 7) is 13.5. The summed E-state index contributed by atoms with van der Waals surface area (Å²) in [5, 5.41) is 0. The van der Waals surface area contributed by atoms with Crippen molar-refractivity contribution in [2.45, 2.75) is 53.4 Å². The van der Waals surface area contributed by atoms with Gasteiger partial charge in [0.25, 0.3) is 0 Å². The van der Waals surface area contributed by atoms with E-state index in [0.717, 1.165) is 37.9 Å². The van der Waals surface area contributed by atoms with Gasteiger partial charge < -0.3 is 0 Å². The number of hydrogen-bond donors (Lipinski definition) is 0. The molecule has 166 valence electrons. The van der Waals surface area contributed by atoms with E-state index in [-0.39, 0.29) is 0 Å². The third-order valence-electron chi connectivity index (χ3n) is 6.22. The van der Waals surface area contributed by atoms with Crippen LogP contribution >= 0.6 is 0 Å². The van der Waals surface area contributed by atoms with E-state index in [2.05, 4.69) is 101 Å². The Morgan fingerprint density at radius 2 is 1.78 bits per heavy atom. The van der Waals surface area contributed by atoms with Crippen LogP contribution in [0.25, 0.3) is 12.2 Å². The molecule has 1 heteroatoms. The highest BCUT2D eigenvalue weighted by Gasteiger charge is 2.17. The van der Waals surface area contributed by atoms with Gasteiger partial charge in [-0.25, -0.2) is 0 Å². The summed E-state index contributed by atoms with van der Waals surface area (Å²) in [5.74, 6) is 0.544. The van der Waals surface area contributed by atoms with Crippen LogP contribution in [0.15, 0.2) is 83.4 Å². The molecular formula is C31H37N. The van der Waals surface area contributed by atoms with Gasteiger partial charge in [-0.1, -0.05) is 87.2 Å². The number of benzene rings is 2. The van der Waals surface area contributed by atoms with Crippen LogP contribution in [0.2, 0.25) is 0 Å². The van der Waals surface area contributed by atoms with Gasteiger partial charge in [-0.3, -0.25) is 4.99 Å². The summed E-state index contributed by atoms with van der Waals surface area (Å²) in [4.78, 5) is 5.01. The third-order valence-corrected chi connectivity index (χ3v) is 6.22. The predicted octanol–water partition coefficient (Wildman–Crippen LogP) is 8.34. The van der Waals surface area contributed by atoms with Crippen molar-refractivity contribution in [3.8, 4) is 0 Å². The number of hydrogen-bond acceptors (Lipinski definition) is 1. The molecule has 1 unspecified atom stereocenters. The maximum atomic E-state index is 5.01. The van der Waals surface area contributed by atoms with Gasteiger partial charge in [0, 0.05) is 6.54 Å². The van der Waals surface area contributed by atoms with Crippen molar-refractivity contribution in [2.75, 3.05) is 6.54 Å². The molecule has 3 rings (SSSR count). The fourth-order valence-electron chi connectivity index (χ4n) is 4.03. The smallest absolute Gasteiger partial charge is 0.0609 e. The van der Waals surface area contributed by atoms with Crippen molar-refractivity contribution < 1.29 is 0 Å². The SMILES string of the molecule is C=Cc1ccc(CCC2=C(C(/C=C/c3ccc(C)c(C)c3)=NCCC)CC(C)C=C2)cc1. The highest BCUT2D eigenvalue weighted by molar-refractivity contribution is 6.11. The standard InChI is InChI=1S/C31H37N/c1-6-20-32-31(19-16-28-10-9-24(4)25(5)22-28)30-21-23(3)8-17-29(30)18-15-27-13-11-26(7-2)12-14-27/h7-14,16-17,19,22-23H,2,6,15,18,20-21H2,1,3-5H3/b19-16+,32-31?. The van der Waals surface area contributed by atoms with E-state index in [9.17, 15) is 0 Å². The first-order valence-electron chi connectivity index (χ1n) is 11.9. The van der Waals surface area contributed by atoms with Gasteiger partial charge >= 0.3 is 0 Å². The Morgan fingerprint density at radius 1 is 1.03 bits per heavy atom. The molecule has 0 bridgehead atoms. The maximum absolute atomic E-state index is 5.01. The minimum absolute atomic E-state index is 0.544. The molecule has 1 aliphatic carbocycles. The van der Waals surface area contributed by atoms with E-state index in [1.165, 1.54) is 39.0 Å². The number of aryl methyl sites for hydroxylation is 3. The molecule has 2 aromatic carbocycles. The zero-order valence-electron chi connectivity index (χ0n) is 20.2. The zero-order chi connectivity index (χ0) is 22.9. The summed E-state index contributed by atoms with van der Waals surface area (Å²) >= 11 is 0. The molecule has 0 aliphatic heterocycles. The average Bonchev–Trinajstić information content (AvgIpc) is 2.81. The lowest BCUT2D eigenvalue weighted by Gasteiger charge is -2.21. The molecular weight excluding hydrogens is 386 g/mol. The van der Waals surface area contributed by atoms with Crippen LogP contribution in [0, 0.1) is 19.8 Å². The van der Waals surface area contributed by atoms with Crippen LogP contribution < -0.4 is 0 Å². The average molecular weight is 424 g/mol.